The number of unbranched alkanes of at least 4 members (excludes halogenated alkanes) is 1. The molecule has 1 radical (unpaired) electrons. The molecule has 1 saturated heterocycles. The first-order valence-electron chi connectivity index (χ1n) is 12.7. The SMILES string of the molecule is O=C(Cc1ccccc1)NC1CCN(CCCCOC(c2ccc(F)cc2)c2ccc(F)cc2)CC1.[CH3-].[Y]. The van der Waals surface area contributed by atoms with E-state index in [0.29, 0.717) is 13.0 Å². The van der Waals surface area contributed by atoms with Gasteiger partial charge in [0.2, 0.25) is 5.91 Å². The molecule has 4 rings (SSSR count). The summed E-state index contributed by atoms with van der Waals surface area (Å²) in [6.45, 7) is 3.51. The van der Waals surface area contributed by atoms with Gasteiger partial charge >= 0.3 is 0 Å². The van der Waals surface area contributed by atoms with Crippen molar-refractivity contribution in [1.29, 1.82) is 0 Å². The quantitative estimate of drug-likeness (QED) is 0.214. The Bertz CT molecular complexity index is 1030. The maximum Gasteiger partial charge on any atom is 0.224 e. The van der Waals surface area contributed by atoms with E-state index in [1.54, 1.807) is 24.3 Å². The van der Waals surface area contributed by atoms with E-state index in [0.717, 1.165) is 62.0 Å². The van der Waals surface area contributed by atoms with Gasteiger partial charge < -0.3 is 22.4 Å². The van der Waals surface area contributed by atoms with E-state index in [2.05, 4.69) is 10.2 Å². The van der Waals surface area contributed by atoms with Gasteiger partial charge in [0.05, 0.1) is 6.42 Å². The maximum atomic E-state index is 13.4. The number of halogens is 2. The Balaban J connectivity index is 0.00000253. The van der Waals surface area contributed by atoms with Crippen LogP contribution in [0.2, 0.25) is 0 Å². The molecule has 3 aromatic carbocycles. The molecule has 1 N–H and O–H groups in total. The average molecular weight is 597 g/mol. The number of hydrogen-bond donors (Lipinski definition) is 1. The number of hydrogen-bond acceptors (Lipinski definition) is 3. The van der Waals surface area contributed by atoms with Crippen molar-refractivity contribution in [3.63, 3.8) is 0 Å². The average Bonchev–Trinajstić information content (AvgIpc) is 2.89. The molecular weight excluding hydrogens is 559 g/mol. The van der Waals surface area contributed by atoms with Crippen LogP contribution in [0.5, 0.6) is 0 Å². The van der Waals surface area contributed by atoms with Gasteiger partial charge in [-0.15, -0.1) is 0 Å². The number of amides is 1. The van der Waals surface area contributed by atoms with Gasteiger partial charge in [0, 0.05) is 58.4 Å². The molecule has 3 aromatic rings. The summed E-state index contributed by atoms with van der Waals surface area (Å²) in [5.41, 5.74) is 2.73. The van der Waals surface area contributed by atoms with Gasteiger partial charge in [0.25, 0.3) is 0 Å². The van der Waals surface area contributed by atoms with E-state index < -0.39 is 0 Å². The molecule has 4 nitrogen and oxygen atoms in total. The first-order chi connectivity index (χ1) is 17.6. The minimum absolute atomic E-state index is 0. The second kappa shape index (κ2) is 16.9. The second-order valence-corrected chi connectivity index (χ2v) is 9.41. The molecule has 38 heavy (non-hydrogen) atoms. The molecule has 1 heterocycles. The van der Waals surface area contributed by atoms with Crippen molar-refractivity contribution < 1.29 is 51.0 Å². The van der Waals surface area contributed by atoms with Crippen molar-refractivity contribution in [2.45, 2.75) is 44.2 Å². The van der Waals surface area contributed by atoms with Crippen LogP contribution in [-0.4, -0.2) is 43.1 Å². The van der Waals surface area contributed by atoms with E-state index >= 15 is 0 Å². The molecule has 0 aliphatic carbocycles. The van der Waals surface area contributed by atoms with Crippen molar-refractivity contribution in [2.75, 3.05) is 26.2 Å². The summed E-state index contributed by atoms with van der Waals surface area (Å²) in [7, 11) is 0. The van der Waals surface area contributed by atoms with Crippen molar-refractivity contribution >= 4 is 5.91 Å². The first kappa shape index (κ1) is 32.2. The van der Waals surface area contributed by atoms with Crippen LogP contribution in [0.4, 0.5) is 8.78 Å². The van der Waals surface area contributed by atoms with Gasteiger partial charge in [-0.25, -0.2) is 8.78 Å². The monoisotopic (exact) mass is 596 g/mol. The van der Waals surface area contributed by atoms with E-state index in [1.807, 2.05) is 30.3 Å². The standard InChI is InChI=1S/C30H34F2N2O2.CH3.Y/c31-26-12-8-24(9-13-26)30(25-10-14-27(32)15-11-25)36-21-5-4-18-34-19-16-28(17-20-34)33-29(35)22-23-6-2-1-3-7-23;;/h1-3,6-15,28,30H,4-5,16-22H2,(H,33,35);1H3;/q;-1;. The largest absolute Gasteiger partial charge is 0.369 e. The van der Waals surface area contributed by atoms with Gasteiger partial charge in [-0.05, 0) is 73.2 Å². The number of benzene rings is 3. The van der Waals surface area contributed by atoms with Crippen LogP contribution in [0, 0.1) is 19.1 Å². The molecule has 0 spiro atoms. The zero-order chi connectivity index (χ0) is 25.2. The second-order valence-electron chi connectivity index (χ2n) is 9.41. The number of nitrogens with zero attached hydrogens (tertiary/aromatic N) is 1. The van der Waals surface area contributed by atoms with E-state index in [1.165, 1.54) is 24.3 Å². The number of carbonyl (C=O) groups excluding carboxylic acids is 1. The Kier molecular flexibility index (Phi) is 14.3. The minimum Gasteiger partial charge on any atom is -0.369 e. The van der Waals surface area contributed by atoms with Crippen LogP contribution >= 0.6 is 0 Å². The van der Waals surface area contributed by atoms with E-state index in [4.69, 9.17) is 4.74 Å². The predicted octanol–water partition coefficient (Wildman–Crippen LogP) is 6.12. The van der Waals surface area contributed by atoms with Crippen LogP contribution in [0.1, 0.15) is 48.5 Å². The number of carbonyl (C=O) groups is 1. The van der Waals surface area contributed by atoms with Crippen LogP contribution in [0.15, 0.2) is 78.9 Å². The van der Waals surface area contributed by atoms with Crippen molar-refractivity contribution in [2.24, 2.45) is 0 Å². The minimum atomic E-state index is -0.360. The summed E-state index contributed by atoms with van der Waals surface area (Å²) >= 11 is 0. The molecule has 0 bridgehead atoms. The molecule has 0 saturated carbocycles. The van der Waals surface area contributed by atoms with Gasteiger partial charge in [0.15, 0.2) is 0 Å². The fourth-order valence-corrected chi connectivity index (χ4v) is 4.66. The van der Waals surface area contributed by atoms with Crippen LogP contribution in [0.25, 0.3) is 0 Å². The molecule has 1 aliphatic rings. The number of nitrogens with one attached hydrogen (secondary N) is 1. The summed E-state index contributed by atoms with van der Waals surface area (Å²) in [6, 6.07) is 22.6. The molecule has 1 aliphatic heterocycles. The predicted molar refractivity (Wildman–Crippen MR) is 144 cm³/mol. The first-order valence-corrected chi connectivity index (χ1v) is 12.7. The number of piperidine rings is 1. The van der Waals surface area contributed by atoms with Crippen molar-refractivity contribution in [3.8, 4) is 0 Å². The Hall–Kier alpha value is -1.99. The molecule has 201 valence electrons. The summed E-state index contributed by atoms with van der Waals surface area (Å²) < 4.78 is 33.0. The van der Waals surface area contributed by atoms with Crippen LogP contribution < -0.4 is 5.32 Å². The van der Waals surface area contributed by atoms with Crippen molar-refractivity contribution in [1.82, 2.24) is 10.2 Å². The summed E-state index contributed by atoms with van der Waals surface area (Å²) in [5.74, 6) is -0.499. The molecule has 0 unspecified atom stereocenters. The molecule has 1 amide bonds. The third kappa shape index (κ3) is 10.3. The number of likely N-dealkylation sites (tertiary alicyclic amines) is 1. The zero-order valence-electron chi connectivity index (χ0n) is 22.1. The molecule has 1 fully saturated rings. The molecule has 0 aromatic heterocycles. The van der Waals surface area contributed by atoms with Gasteiger partial charge in [0.1, 0.15) is 17.7 Å². The molecule has 7 heteroatoms. The third-order valence-corrected chi connectivity index (χ3v) is 6.66. The number of rotatable bonds is 11. The fourth-order valence-electron chi connectivity index (χ4n) is 4.66. The molecular formula is C31H37F2N2O2Y-. The van der Waals surface area contributed by atoms with E-state index in [9.17, 15) is 13.6 Å². The normalized spacial score (nSPS) is 14.0. The van der Waals surface area contributed by atoms with Gasteiger partial charge in [-0.1, -0.05) is 54.6 Å². The Labute approximate surface area is 251 Å². The topological polar surface area (TPSA) is 41.6 Å². The van der Waals surface area contributed by atoms with Crippen LogP contribution in [0.3, 0.4) is 0 Å². The summed E-state index contributed by atoms with van der Waals surface area (Å²) in [5, 5.41) is 3.18. The summed E-state index contributed by atoms with van der Waals surface area (Å²) in [6.07, 6.45) is 3.90. The fraction of sp³-hybridized carbons (Fsp3) is 0.355. The Morgan fingerprint density at radius 1 is 0.868 bits per heavy atom. The van der Waals surface area contributed by atoms with E-state index in [-0.39, 0.29) is 69.8 Å². The Morgan fingerprint density at radius 2 is 1.42 bits per heavy atom. The third-order valence-electron chi connectivity index (χ3n) is 6.66. The van der Waals surface area contributed by atoms with Crippen LogP contribution in [-0.2, 0) is 48.7 Å². The zero-order valence-corrected chi connectivity index (χ0v) is 25.0. The van der Waals surface area contributed by atoms with Crippen molar-refractivity contribution in [3.05, 3.63) is 115 Å². The number of ether oxygens (including phenoxy) is 1. The van der Waals surface area contributed by atoms with Gasteiger partial charge in [-0.3, -0.25) is 4.79 Å². The smallest absolute Gasteiger partial charge is 0.224 e. The summed E-state index contributed by atoms with van der Waals surface area (Å²) in [4.78, 5) is 14.8. The Morgan fingerprint density at radius 3 is 1.97 bits per heavy atom. The van der Waals surface area contributed by atoms with Gasteiger partial charge in [-0.2, -0.15) is 0 Å². The molecule has 0 atom stereocenters. The maximum absolute atomic E-state index is 13.4.